The van der Waals surface area contributed by atoms with E-state index in [9.17, 15) is 4.79 Å². The number of hydrogen-bond donors (Lipinski definition) is 1. The van der Waals surface area contributed by atoms with Crippen LogP contribution < -0.4 is 5.73 Å². The van der Waals surface area contributed by atoms with E-state index < -0.39 is 0 Å². The van der Waals surface area contributed by atoms with Gasteiger partial charge in [0, 0.05) is 19.6 Å². The van der Waals surface area contributed by atoms with Crippen LogP contribution in [0, 0.1) is 0 Å². The molecule has 0 aliphatic rings. The highest BCUT2D eigenvalue weighted by molar-refractivity contribution is 6.42. The molecular formula is C18H20Cl2N2O. The number of nitrogens with zero attached hydrogens (tertiary/aromatic N) is 1. The quantitative estimate of drug-likeness (QED) is 0.865. The van der Waals surface area contributed by atoms with Gasteiger partial charge in [-0.3, -0.25) is 4.79 Å². The number of likely N-dealkylation sites (N-methyl/N-ethyl adjacent to an activating group) is 1. The summed E-state index contributed by atoms with van der Waals surface area (Å²) in [6, 6.07) is 15.2. The molecule has 1 amide bonds. The molecule has 0 radical (unpaired) electrons. The molecule has 0 aliphatic carbocycles. The standard InChI is InChI=1S/C18H20Cl2N2O/c1-22(12-15(21)9-13-5-3-2-4-6-13)18(23)11-14-7-8-16(19)17(20)10-14/h2-8,10,15H,9,11-12,21H2,1H3. The summed E-state index contributed by atoms with van der Waals surface area (Å²) in [5, 5.41) is 0.946. The fourth-order valence-corrected chi connectivity index (χ4v) is 2.71. The van der Waals surface area contributed by atoms with Crippen LogP contribution in [-0.2, 0) is 17.6 Å². The van der Waals surface area contributed by atoms with Crippen LogP contribution in [0.15, 0.2) is 48.5 Å². The van der Waals surface area contributed by atoms with E-state index in [0.717, 1.165) is 12.0 Å². The van der Waals surface area contributed by atoms with Gasteiger partial charge in [0.15, 0.2) is 0 Å². The Bertz CT molecular complexity index is 661. The second-order valence-corrected chi connectivity index (χ2v) is 6.46. The molecule has 0 saturated carbocycles. The van der Waals surface area contributed by atoms with E-state index in [2.05, 4.69) is 0 Å². The summed E-state index contributed by atoms with van der Waals surface area (Å²) in [5.74, 6) is 0.00639. The largest absolute Gasteiger partial charge is 0.344 e. The van der Waals surface area contributed by atoms with E-state index in [-0.39, 0.29) is 18.4 Å². The monoisotopic (exact) mass is 350 g/mol. The molecule has 1 unspecified atom stereocenters. The molecule has 2 N–H and O–H groups in total. The maximum absolute atomic E-state index is 12.3. The van der Waals surface area contributed by atoms with Crippen molar-refractivity contribution in [2.75, 3.05) is 13.6 Å². The Balaban J connectivity index is 1.87. The predicted octanol–water partition coefficient (Wildman–Crippen LogP) is 3.56. The molecular weight excluding hydrogens is 331 g/mol. The number of benzene rings is 2. The van der Waals surface area contributed by atoms with Gasteiger partial charge in [-0.05, 0) is 29.7 Å². The van der Waals surface area contributed by atoms with Gasteiger partial charge in [0.25, 0.3) is 0 Å². The molecule has 0 aromatic heterocycles. The maximum atomic E-state index is 12.3. The zero-order valence-corrected chi connectivity index (χ0v) is 14.5. The first-order chi connectivity index (χ1) is 11.0. The molecule has 2 rings (SSSR count). The topological polar surface area (TPSA) is 46.3 Å². The Morgan fingerprint density at radius 1 is 1.09 bits per heavy atom. The summed E-state index contributed by atoms with van der Waals surface area (Å²) in [4.78, 5) is 14.0. The minimum absolute atomic E-state index is 0.00639. The van der Waals surface area contributed by atoms with E-state index in [1.807, 2.05) is 36.4 Å². The molecule has 0 heterocycles. The molecule has 23 heavy (non-hydrogen) atoms. The van der Waals surface area contributed by atoms with Crippen molar-refractivity contribution in [2.45, 2.75) is 18.9 Å². The van der Waals surface area contributed by atoms with E-state index in [4.69, 9.17) is 28.9 Å². The smallest absolute Gasteiger partial charge is 0.226 e. The molecule has 5 heteroatoms. The number of amides is 1. The van der Waals surface area contributed by atoms with Crippen LogP contribution in [0.25, 0.3) is 0 Å². The molecule has 0 bridgehead atoms. The highest BCUT2D eigenvalue weighted by Crippen LogP contribution is 2.23. The van der Waals surface area contributed by atoms with Crippen LogP contribution in [-0.4, -0.2) is 30.4 Å². The molecule has 0 fully saturated rings. The van der Waals surface area contributed by atoms with Gasteiger partial charge in [0.2, 0.25) is 5.91 Å². The minimum Gasteiger partial charge on any atom is -0.344 e. The summed E-state index contributed by atoms with van der Waals surface area (Å²) < 4.78 is 0. The van der Waals surface area contributed by atoms with Gasteiger partial charge in [-0.2, -0.15) is 0 Å². The molecule has 0 saturated heterocycles. The summed E-state index contributed by atoms with van der Waals surface area (Å²) in [5.41, 5.74) is 8.16. The SMILES string of the molecule is CN(CC(N)Cc1ccccc1)C(=O)Cc1ccc(Cl)c(Cl)c1. The van der Waals surface area contributed by atoms with Gasteiger partial charge in [0.1, 0.15) is 0 Å². The normalized spacial score (nSPS) is 12.0. The molecule has 122 valence electrons. The Labute approximate surface area is 147 Å². The van der Waals surface area contributed by atoms with Gasteiger partial charge in [-0.15, -0.1) is 0 Å². The maximum Gasteiger partial charge on any atom is 0.226 e. The van der Waals surface area contributed by atoms with Crippen LogP contribution in [0.5, 0.6) is 0 Å². The number of hydrogen-bond acceptors (Lipinski definition) is 2. The summed E-state index contributed by atoms with van der Waals surface area (Å²) in [7, 11) is 1.77. The third-order valence-corrected chi connectivity index (χ3v) is 4.35. The second-order valence-electron chi connectivity index (χ2n) is 5.65. The van der Waals surface area contributed by atoms with E-state index in [1.54, 1.807) is 24.1 Å². The van der Waals surface area contributed by atoms with E-state index in [0.29, 0.717) is 16.6 Å². The Morgan fingerprint density at radius 3 is 2.43 bits per heavy atom. The molecule has 0 spiro atoms. The third-order valence-electron chi connectivity index (χ3n) is 3.61. The molecule has 2 aromatic rings. The van der Waals surface area contributed by atoms with Crippen LogP contribution >= 0.6 is 23.2 Å². The predicted molar refractivity (Wildman–Crippen MR) is 95.9 cm³/mol. The van der Waals surface area contributed by atoms with Crippen LogP contribution in [0.4, 0.5) is 0 Å². The highest BCUT2D eigenvalue weighted by atomic mass is 35.5. The lowest BCUT2D eigenvalue weighted by molar-refractivity contribution is -0.129. The van der Waals surface area contributed by atoms with E-state index in [1.165, 1.54) is 5.56 Å². The van der Waals surface area contributed by atoms with Crippen molar-refractivity contribution in [3.05, 3.63) is 69.7 Å². The van der Waals surface area contributed by atoms with Crippen molar-refractivity contribution in [3.63, 3.8) is 0 Å². The van der Waals surface area contributed by atoms with Crippen molar-refractivity contribution in [1.29, 1.82) is 0 Å². The van der Waals surface area contributed by atoms with Crippen LogP contribution in [0.3, 0.4) is 0 Å². The van der Waals surface area contributed by atoms with Gasteiger partial charge in [-0.1, -0.05) is 59.6 Å². The lowest BCUT2D eigenvalue weighted by Gasteiger charge is -2.22. The van der Waals surface area contributed by atoms with Crippen molar-refractivity contribution in [2.24, 2.45) is 5.73 Å². The van der Waals surface area contributed by atoms with Gasteiger partial charge < -0.3 is 10.6 Å². The molecule has 1 atom stereocenters. The Morgan fingerprint density at radius 2 is 1.78 bits per heavy atom. The first-order valence-electron chi connectivity index (χ1n) is 7.43. The molecule has 2 aromatic carbocycles. The number of carbonyl (C=O) groups is 1. The number of nitrogens with two attached hydrogens (primary N) is 1. The molecule has 3 nitrogen and oxygen atoms in total. The van der Waals surface area contributed by atoms with Crippen molar-refractivity contribution >= 4 is 29.1 Å². The Kier molecular flexibility index (Phi) is 6.46. The molecule has 0 aliphatic heterocycles. The minimum atomic E-state index is -0.0971. The number of rotatable bonds is 6. The lowest BCUT2D eigenvalue weighted by Crippen LogP contribution is -2.40. The summed E-state index contributed by atoms with van der Waals surface area (Å²) in [6.45, 7) is 0.509. The van der Waals surface area contributed by atoms with Gasteiger partial charge in [0.05, 0.1) is 16.5 Å². The average molecular weight is 351 g/mol. The summed E-state index contributed by atoms with van der Waals surface area (Å²) in [6.07, 6.45) is 1.02. The fourth-order valence-electron chi connectivity index (χ4n) is 2.39. The van der Waals surface area contributed by atoms with Gasteiger partial charge >= 0.3 is 0 Å². The third kappa shape index (κ3) is 5.54. The Hall–Kier alpha value is -1.55. The average Bonchev–Trinajstić information content (AvgIpc) is 2.51. The first-order valence-corrected chi connectivity index (χ1v) is 8.18. The van der Waals surface area contributed by atoms with Gasteiger partial charge in [-0.25, -0.2) is 0 Å². The van der Waals surface area contributed by atoms with Crippen LogP contribution in [0.1, 0.15) is 11.1 Å². The number of halogens is 2. The fraction of sp³-hybridized carbons (Fsp3) is 0.278. The van der Waals surface area contributed by atoms with Crippen molar-refractivity contribution in [1.82, 2.24) is 4.90 Å². The highest BCUT2D eigenvalue weighted by Gasteiger charge is 2.14. The van der Waals surface area contributed by atoms with Crippen LogP contribution in [0.2, 0.25) is 10.0 Å². The first kappa shape index (κ1) is 17.8. The zero-order valence-electron chi connectivity index (χ0n) is 13.0. The number of carbonyl (C=O) groups excluding carboxylic acids is 1. The second kappa shape index (κ2) is 8.34. The van der Waals surface area contributed by atoms with E-state index >= 15 is 0 Å². The van der Waals surface area contributed by atoms with Crippen molar-refractivity contribution in [3.8, 4) is 0 Å². The lowest BCUT2D eigenvalue weighted by atomic mass is 10.1. The summed E-state index contributed by atoms with van der Waals surface area (Å²) >= 11 is 11.9. The zero-order chi connectivity index (χ0) is 16.8. The van der Waals surface area contributed by atoms with Crippen molar-refractivity contribution < 1.29 is 4.79 Å².